The first-order chi connectivity index (χ1) is 14.2. The summed E-state index contributed by atoms with van der Waals surface area (Å²) in [6.07, 6.45) is 5.42. The molecule has 1 aliphatic heterocycles. The van der Waals surface area contributed by atoms with E-state index in [2.05, 4.69) is 25.7 Å². The molecule has 0 bridgehead atoms. The van der Waals surface area contributed by atoms with Gasteiger partial charge in [-0.25, -0.2) is 9.67 Å². The van der Waals surface area contributed by atoms with Crippen molar-refractivity contribution in [3.05, 3.63) is 48.2 Å². The predicted octanol–water partition coefficient (Wildman–Crippen LogP) is 2.90. The highest BCUT2D eigenvalue weighted by Crippen LogP contribution is 2.23. The number of aromatic nitrogens is 4. The maximum atomic E-state index is 12.3. The summed E-state index contributed by atoms with van der Waals surface area (Å²) in [6, 6.07) is 9.86. The van der Waals surface area contributed by atoms with Gasteiger partial charge in [0.15, 0.2) is 17.5 Å². The Kier molecular flexibility index (Phi) is 6.00. The molecule has 0 spiro atoms. The van der Waals surface area contributed by atoms with Crippen molar-refractivity contribution in [2.45, 2.75) is 38.0 Å². The highest BCUT2D eigenvalue weighted by Gasteiger charge is 2.21. The number of piperidine rings is 1. The molecule has 0 saturated carbocycles. The minimum atomic E-state index is -0.0767. The van der Waals surface area contributed by atoms with Gasteiger partial charge in [0.2, 0.25) is 11.9 Å². The number of amides is 1. The Bertz CT molecular complexity index is 943. The highest BCUT2D eigenvalue weighted by atomic mass is 16.4. The average molecular weight is 394 g/mol. The van der Waals surface area contributed by atoms with Crippen molar-refractivity contribution in [3.8, 4) is 11.3 Å². The maximum Gasteiger partial charge on any atom is 0.227 e. The Morgan fingerprint density at radius 1 is 1.28 bits per heavy atom. The lowest BCUT2D eigenvalue weighted by molar-refractivity contribution is -0.116. The van der Waals surface area contributed by atoms with Crippen LogP contribution in [0.2, 0.25) is 0 Å². The van der Waals surface area contributed by atoms with Crippen LogP contribution in [0.3, 0.4) is 0 Å². The van der Waals surface area contributed by atoms with Crippen molar-refractivity contribution >= 4 is 11.9 Å². The largest absolute Gasteiger partial charge is 0.441 e. The summed E-state index contributed by atoms with van der Waals surface area (Å²) in [6.45, 7) is 1.97. The molecule has 3 aromatic rings. The van der Waals surface area contributed by atoms with E-state index >= 15 is 0 Å². The molecule has 2 aromatic heterocycles. The minimum absolute atomic E-state index is 0.0767. The van der Waals surface area contributed by atoms with Crippen LogP contribution in [0.15, 0.2) is 40.9 Å². The molecule has 3 heterocycles. The second-order valence-corrected chi connectivity index (χ2v) is 7.33. The zero-order chi connectivity index (χ0) is 20.1. The number of carbonyl (C=O) groups excluding carboxylic acids is 1. The number of hydrogen-bond donors (Lipinski definition) is 2. The Hall–Kier alpha value is -3.00. The molecule has 0 aliphatic carbocycles. The van der Waals surface area contributed by atoms with Gasteiger partial charge in [0.1, 0.15) is 0 Å². The maximum absolute atomic E-state index is 12.3. The van der Waals surface area contributed by atoms with E-state index in [9.17, 15) is 4.79 Å². The zero-order valence-electron chi connectivity index (χ0n) is 16.6. The number of carbonyl (C=O) groups is 1. The van der Waals surface area contributed by atoms with Crippen molar-refractivity contribution in [2.75, 3.05) is 18.4 Å². The van der Waals surface area contributed by atoms with Gasteiger partial charge in [-0.1, -0.05) is 30.3 Å². The van der Waals surface area contributed by atoms with Crippen molar-refractivity contribution in [2.24, 2.45) is 7.05 Å². The van der Waals surface area contributed by atoms with Crippen molar-refractivity contribution < 1.29 is 9.21 Å². The third-order valence-electron chi connectivity index (χ3n) is 5.14. The SMILES string of the molecule is Cn1nc(C2CCNCC2)nc1NC(=O)CCCc1ncc(-c2ccccc2)o1. The van der Waals surface area contributed by atoms with Crippen LogP contribution >= 0.6 is 0 Å². The molecule has 0 unspecified atom stereocenters. The molecule has 2 N–H and O–H groups in total. The Morgan fingerprint density at radius 2 is 2.07 bits per heavy atom. The van der Waals surface area contributed by atoms with E-state index in [1.807, 2.05) is 37.4 Å². The second-order valence-electron chi connectivity index (χ2n) is 7.33. The highest BCUT2D eigenvalue weighted by molar-refractivity contribution is 5.88. The van der Waals surface area contributed by atoms with E-state index in [-0.39, 0.29) is 5.91 Å². The van der Waals surface area contributed by atoms with Gasteiger partial charge in [-0.15, -0.1) is 0 Å². The van der Waals surface area contributed by atoms with Gasteiger partial charge in [0, 0.05) is 31.4 Å². The predicted molar refractivity (Wildman–Crippen MR) is 109 cm³/mol. The van der Waals surface area contributed by atoms with Gasteiger partial charge >= 0.3 is 0 Å². The summed E-state index contributed by atoms with van der Waals surface area (Å²) < 4.78 is 7.43. The summed E-state index contributed by atoms with van der Waals surface area (Å²) in [5.41, 5.74) is 0.996. The number of anilines is 1. The summed E-state index contributed by atoms with van der Waals surface area (Å²) in [5.74, 6) is 2.99. The van der Waals surface area contributed by atoms with Crippen LogP contribution in [-0.4, -0.2) is 38.7 Å². The lowest BCUT2D eigenvalue weighted by Crippen LogP contribution is -2.27. The van der Waals surface area contributed by atoms with Crippen LogP contribution in [0.5, 0.6) is 0 Å². The monoisotopic (exact) mass is 394 g/mol. The fourth-order valence-electron chi connectivity index (χ4n) is 3.52. The van der Waals surface area contributed by atoms with Crippen molar-refractivity contribution in [1.82, 2.24) is 25.1 Å². The van der Waals surface area contributed by atoms with Crippen LogP contribution in [0.4, 0.5) is 5.95 Å². The third-order valence-corrected chi connectivity index (χ3v) is 5.14. The first kappa shape index (κ1) is 19.3. The number of aryl methyl sites for hydroxylation is 2. The Balaban J connectivity index is 1.26. The second kappa shape index (κ2) is 9.00. The molecule has 8 nitrogen and oxygen atoms in total. The molecule has 1 saturated heterocycles. The fourth-order valence-corrected chi connectivity index (χ4v) is 3.52. The van der Waals surface area contributed by atoms with E-state index in [4.69, 9.17) is 4.42 Å². The summed E-state index contributed by atoms with van der Waals surface area (Å²) in [5, 5.41) is 10.7. The Labute approximate surface area is 169 Å². The number of oxazole rings is 1. The molecule has 1 aromatic carbocycles. The molecular formula is C21H26N6O2. The summed E-state index contributed by atoms with van der Waals surface area (Å²) >= 11 is 0. The Morgan fingerprint density at radius 3 is 2.86 bits per heavy atom. The number of hydrogen-bond acceptors (Lipinski definition) is 6. The molecular weight excluding hydrogens is 368 g/mol. The number of nitrogens with zero attached hydrogens (tertiary/aromatic N) is 4. The normalized spacial score (nSPS) is 14.8. The standard InChI is InChI=1S/C21H26N6O2/c1-27-21(25-20(26-27)16-10-12-22-13-11-16)24-18(28)8-5-9-19-23-14-17(29-19)15-6-3-2-4-7-15/h2-4,6-7,14,16,22H,5,8-13H2,1H3,(H,24,25,26,28). The van der Waals surface area contributed by atoms with E-state index in [0.717, 1.165) is 43.1 Å². The zero-order valence-corrected chi connectivity index (χ0v) is 16.6. The third kappa shape index (κ3) is 4.89. The van der Waals surface area contributed by atoms with E-state index in [1.54, 1.807) is 10.9 Å². The number of rotatable bonds is 7. The first-order valence-corrected chi connectivity index (χ1v) is 10.1. The van der Waals surface area contributed by atoms with Gasteiger partial charge in [-0.3, -0.25) is 10.1 Å². The minimum Gasteiger partial charge on any atom is -0.441 e. The van der Waals surface area contributed by atoms with Gasteiger partial charge in [-0.2, -0.15) is 10.1 Å². The molecule has 1 fully saturated rings. The van der Waals surface area contributed by atoms with Gasteiger partial charge < -0.3 is 9.73 Å². The topological polar surface area (TPSA) is 97.9 Å². The van der Waals surface area contributed by atoms with Gasteiger partial charge in [-0.05, 0) is 32.4 Å². The lowest BCUT2D eigenvalue weighted by Gasteiger charge is -2.19. The molecule has 1 amide bonds. The molecule has 4 rings (SSSR count). The van der Waals surface area contributed by atoms with Gasteiger partial charge in [0.05, 0.1) is 6.20 Å². The van der Waals surface area contributed by atoms with Crippen LogP contribution in [0.25, 0.3) is 11.3 Å². The van der Waals surface area contributed by atoms with E-state index < -0.39 is 0 Å². The van der Waals surface area contributed by atoms with E-state index in [1.165, 1.54) is 0 Å². The average Bonchev–Trinajstić information content (AvgIpc) is 3.36. The summed E-state index contributed by atoms with van der Waals surface area (Å²) in [4.78, 5) is 21.2. The van der Waals surface area contributed by atoms with Gasteiger partial charge in [0.25, 0.3) is 0 Å². The quantitative estimate of drug-likeness (QED) is 0.639. The first-order valence-electron chi connectivity index (χ1n) is 10.1. The fraction of sp³-hybridized carbons (Fsp3) is 0.429. The number of nitrogens with one attached hydrogen (secondary N) is 2. The molecule has 8 heteroatoms. The van der Waals surface area contributed by atoms with Crippen LogP contribution in [0.1, 0.15) is 43.3 Å². The summed E-state index contributed by atoms with van der Waals surface area (Å²) in [7, 11) is 1.81. The lowest BCUT2D eigenvalue weighted by atomic mass is 9.98. The molecule has 0 atom stereocenters. The molecule has 152 valence electrons. The molecule has 0 radical (unpaired) electrons. The van der Waals surface area contributed by atoms with Crippen LogP contribution in [-0.2, 0) is 18.3 Å². The molecule has 29 heavy (non-hydrogen) atoms. The van der Waals surface area contributed by atoms with Crippen LogP contribution < -0.4 is 10.6 Å². The molecule has 1 aliphatic rings. The van der Waals surface area contributed by atoms with Crippen LogP contribution in [0, 0.1) is 0 Å². The van der Waals surface area contributed by atoms with Crippen molar-refractivity contribution in [3.63, 3.8) is 0 Å². The van der Waals surface area contributed by atoms with E-state index in [0.29, 0.717) is 37.0 Å². The smallest absolute Gasteiger partial charge is 0.227 e. The van der Waals surface area contributed by atoms with Crippen molar-refractivity contribution in [1.29, 1.82) is 0 Å². The number of benzene rings is 1.